The number of amides is 1. The maximum absolute atomic E-state index is 11.7. The minimum absolute atomic E-state index is 0.0255. The number of carboxylic acids is 1. The van der Waals surface area contributed by atoms with Crippen molar-refractivity contribution in [2.75, 3.05) is 11.5 Å². The van der Waals surface area contributed by atoms with Crippen molar-refractivity contribution in [3.8, 4) is 0 Å². The fraction of sp³-hybridized carbons (Fsp3) is 0.444. The van der Waals surface area contributed by atoms with E-state index in [9.17, 15) is 9.59 Å². The number of carboxylic acid groups (broad SMARTS) is 1. The van der Waals surface area contributed by atoms with Gasteiger partial charge < -0.3 is 14.9 Å². The minimum Gasteiger partial charge on any atom is -0.479 e. The lowest BCUT2D eigenvalue weighted by molar-refractivity contribution is -0.143. The van der Waals surface area contributed by atoms with Crippen molar-refractivity contribution in [2.45, 2.75) is 12.0 Å². The number of thioether (sulfide) groups is 1. The maximum Gasteiger partial charge on any atom is 0.330 e. The highest BCUT2D eigenvalue weighted by Gasteiger charge is 2.43. The number of aliphatic carboxylic acids is 1. The number of rotatable bonds is 3. The third-order valence-corrected chi connectivity index (χ3v) is 3.64. The normalized spacial score (nSPS) is 24.2. The molecule has 0 aromatic carbocycles. The predicted molar refractivity (Wildman–Crippen MR) is 56.3 cm³/mol. The van der Waals surface area contributed by atoms with Gasteiger partial charge in [0.05, 0.1) is 6.20 Å². The first-order valence-corrected chi connectivity index (χ1v) is 5.84. The molecular weight excluding hydrogens is 232 g/mol. The van der Waals surface area contributed by atoms with Crippen LogP contribution in [0.25, 0.3) is 0 Å². The molecule has 0 bridgehead atoms. The summed E-state index contributed by atoms with van der Waals surface area (Å²) >= 11 is 1.51. The molecule has 1 aliphatic heterocycles. The van der Waals surface area contributed by atoms with E-state index in [1.54, 1.807) is 0 Å². The van der Waals surface area contributed by atoms with Gasteiger partial charge >= 0.3 is 5.97 Å². The van der Waals surface area contributed by atoms with Gasteiger partial charge in [-0.25, -0.2) is 4.79 Å². The summed E-state index contributed by atoms with van der Waals surface area (Å²) in [5.41, 5.74) is -1.17. The van der Waals surface area contributed by atoms with Crippen LogP contribution in [-0.2, 0) is 4.79 Å². The SMILES string of the molecule is O=C(NC1(C(=O)O)CCSC1)c1ccno1. The van der Waals surface area contributed by atoms with Gasteiger partial charge in [-0.3, -0.25) is 4.79 Å². The van der Waals surface area contributed by atoms with Crippen molar-refractivity contribution in [1.29, 1.82) is 0 Å². The topological polar surface area (TPSA) is 92.4 Å². The Balaban J connectivity index is 2.13. The summed E-state index contributed by atoms with van der Waals surface area (Å²) in [6.45, 7) is 0. The quantitative estimate of drug-likeness (QED) is 0.795. The lowest BCUT2D eigenvalue weighted by Gasteiger charge is -2.23. The van der Waals surface area contributed by atoms with Crippen molar-refractivity contribution in [3.63, 3.8) is 0 Å². The number of hydrogen-bond donors (Lipinski definition) is 2. The molecule has 0 spiro atoms. The molecule has 86 valence electrons. The number of hydrogen-bond acceptors (Lipinski definition) is 5. The first-order chi connectivity index (χ1) is 7.64. The molecular formula is C9H10N2O4S. The Bertz CT molecular complexity index is 398. The molecule has 1 saturated heterocycles. The Hall–Kier alpha value is -1.50. The van der Waals surface area contributed by atoms with Gasteiger partial charge in [0.15, 0.2) is 0 Å². The molecule has 1 amide bonds. The molecule has 6 nitrogen and oxygen atoms in total. The lowest BCUT2D eigenvalue weighted by atomic mass is 9.99. The number of aromatic nitrogens is 1. The van der Waals surface area contributed by atoms with Gasteiger partial charge in [-0.15, -0.1) is 0 Å². The van der Waals surface area contributed by atoms with E-state index in [0.29, 0.717) is 12.2 Å². The van der Waals surface area contributed by atoms with Crippen LogP contribution in [0.5, 0.6) is 0 Å². The first kappa shape index (κ1) is 11.0. The average molecular weight is 242 g/mol. The summed E-state index contributed by atoms with van der Waals surface area (Å²) in [7, 11) is 0. The van der Waals surface area contributed by atoms with Crippen molar-refractivity contribution in [2.24, 2.45) is 0 Å². The second kappa shape index (κ2) is 4.17. The van der Waals surface area contributed by atoms with E-state index < -0.39 is 17.4 Å². The number of carbonyl (C=O) groups is 2. The predicted octanol–water partition coefficient (Wildman–Crippen LogP) is 0.365. The summed E-state index contributed by atoms with van der Waals surface area (Å²) in [4.78, 5) is 22.8. The Morgan fingerprint density at radius 3 is 2.94 bits per heavy atom. The van der Waals surface area contributed by atoms with Gasteiger partial charge in [-0.2, -0.15) is 11.8 Å². The molecule has 0 saturated carbocycles. The summed E-state index contributed by atoms with van der Waals surface area (Å²) in [6, 6.07) is 1.40. The zero-order valence-corrected chi connectivity index (χ0v) is 9.12. The fourth-order valence-electron chi connectivity index (χ4n) is 1.50. The van der Waals surface area contributed by atoms with Crippen LogP contribution in [0.3, 0.4) is 0 Å². The van der Waals surface area contributed by atoms with Crippen LogP contribution >= 0.6 is 11.8 Å². The maximum atomic E-state index is 11.7. The van der Waals surface area contributed by atoms with Crippen LogP contribution in [0, 0.1) is 0 Å². The Morgan fingerprint density at radius 2 is 2.44 bits per heavy atom. The van der Waals surface area contributed by atoms with Gasteiger partial charge in [-0.1, -0.05) is 5.16 Å². The molecule has 1 atom stereocenters. The molecule has 2 heterocycles. The number of carbonyl (C=O) groups excluding carboxylic acids is 1. The van der Waals surface area contributed by atoms with Crippen molar-refractivity contribution < 1.29 is 19.2 Å². The van der Waals surface area contributed by atoms with Gasteiger partial charge in [-0.05, 0) is 12.2 Å². The van der Waals surface area contributed by atoms with Gasteiger partial charge in [0.1, 0.15) is 5.54 Å². The van der Waals surface area contributed by atoms with Crippen molar-refractivity contribution in [1.82, 2.24) is 10.5 Å². The van der Waals surface area contributed by atoms with E-state index in [1.807, 2.05) is 0 Å². The van der Waals surface area contributed by atoms with Crippen LogP contribution in [0.15, 0.2) is 16.8 Å². The Morgan fingerprint density at radius 1 is 1.62 bits per heavy atom. The van der Waals surface area contributed by atoms with Crippen molar-refractivity contribution >= 4 is 23.6 Å². The van der Waals surface area contributed by atoms with Gasteiger partial charge in [0.2, 0.25) is 5.76 Å². The van der Waals surface area contributed by atoms with E-state index in [-0.39, 0.29) is 5.76 Å². The second-order valence-electron chi connectivity index (χ2n) is 3.52. The molecule has 0 aliphatic carbocycles. The lowest BCUT2D eigenvalue weighted by Crippen LogP contribution is -2.54. The summed E-state index contributed by atoms with van der Waals surface area (Å²) in [5.74, 6) is -0.421. The van der Waals surface area contributed by atoms with Crippen molar-refractivity contribution in [3.05, 3.63) is 18.0 Å². The average Bonchev–Trinajstić information content (AvgIpc) is 2.88. The van der Waals surface area contributed by atoms with Crippen LogP contribution < -0.4 is 5.32 Å². The van der Waals surface area contributed by atoms with Crippen LogP contribution in [0.1, 0.15) is 17.0 Å². The summed E-state index contributed by atoms with van der Waals surface area (Å²) < 4.78 is 4.67. The third kappa shape index (κ3) is 1.90. The van der Waals surface area contributed by atoms with E-state index >= 15 is 0 Å². The smallest absolute Gasteiger partial charge is 0.330 e. The molecule has 1 aliphatic rings. The van der Waals surface area contributed by atoms with Crippen LogP contribution in [0.4, 0.5) is 0 Å². The zero-order valence-electron chi connectivity index (χ0n) is 8.30. The Kier molecular flexibility index (Phi) is 2.86. The number of nitrogens with one attached hydrogen (secondary N) is 1. The van der Waals surface area contributed by atoms with E-state index in [2.05, 4.69) is 15.0 Å². The highest BCUT2D eigenvalue weighted by molar-refractivity contribution is 7.99. The molecule has 1 unspecified atom stereocenters. The van der Waals surface area contributed by atoms with E-state index in [1.165, 1.54) is 24.0 Å². The largest absolute Gasteiger partial charge is 0.479 e. The minimum atomic E-state index is -1.17. The highest BCUT2D eigenvalue weighted by atomic mass is 32.2. The highest BCUT2D eigenvalue weighted by Crippen LogP contribution is 2.28. The molecule has 1 fully saturated rings. The standard InChI is InChI=1S/C9H10N2O4S/c12-7(6-1-3-10-15-6)11-9(8(13)14)2-4-16-5-9/h1,3H,2,4-5H2,(H,11,12)(H,13,14). The first-order valence-electron chi connectivity index (χ1n) is 4.68. The van der Waals surface area contributed by atoms with E-state index in [0.717, 1.165) is 5.75 Å². The Labute approximate surface area is 95.4 Å². The molecule has 1 aromatic rings. The molecule has 7 heteroatoms. The molecule has 0 radical (unpaired) electrons. The zero-order chi connectivity index (χ0) is 11.6. The second-order valence-corrected chi connectivity index (χ2v) is 4.63. The van der Waals surface area contributed by atoms with E-state index in [4.69, 9.17) is 5.11 Å². The number of nitrogens with zero attached hydrogens (tertiary/aromatic N) is 1. The molecule has 1 aromatic heterocycles. The molecule has 2 rings (SSSR count). The summed E-state index contributed by atoms with van der Waals surface area (Å²) in [5, 5.41) is 15.0. The van der Waals surface area contributed by atoms with Crippen LogP contribution in [-0.4, -0.2) is 39.2 Å². The van der Waals surface area contributed by atoms with Gasteiger partial charge in [0, 0.05) is 11.8 Å². The summed E-state index contributed by atoms with van der Waals surface area (Å²) in [6.07, 6.45) is 1.76. The third-order valence-electron chi connectivity index (χ3n) is 2.45. The molecule has 16 heavy (non-hydrogen) atoms. The van der Waals surface area contributed by atoms with Gasteiger partial charge in [0.25, 0.3) is 5.91 Å². The monoisotopic (exact) mass is 242 g/mol. The fourth-order valence-corrected chi connectivity index (χ4v) is 2.82. The molecule has 2 N–H and O–H groups in total. The van der Waals surface area contributed by atoms with Crippen LogP contribution in [0.2, 0.25) is 0 Å².